The van der Waals surface area contributed by atoms with Crippen LogP contribution in [0.2, 0.25) is 0 Å². The molecule has 1 aromatic heterocycles. The first-order valence-corrected chi connectivity index (χ1v) is 11.3. The van der Waals surface area contributed by atoms with E-state index in [0.717, 1.165) is 60.5 Å². The minimum atomic E-state index is 0.192. The molecule has 172 valence electrons. The summed E-state index contributed by atoms with van der Waals surface area (Å²) in [6.07, 6.45) is 8.25. The van der Waals surface area contributed by atoms with E-state index in [1.54, 1.807) is 20.3 Å². The van der Waals surface area contributed by atoms with Crippen LogP contribution in [0.3, 0.4) is 0 Å². The van der Waals surface area contributed by atoms with Gasteiger partial charge < -0.3 is 14.5 Å². The molecule has 0 bridgehead atoms. The Balaban J connectivity index is 0.000000471. The molecule has 1 fully saturated rings. The average Bonchev–Trinajstić information content (AvgIpc) is 3.54. The molecule has 0 saturated heterocycles. The molecule has 1 atom stereocenters. The van der Waals surface area contributed by atoms with Crippen LogP contribution in [0.15, 0.2) is 60.9 Å². The van der Waals surface area contributed by atoms with Crippen molar-refractivity contribution < 1.29 is 14.3 Å². The average molecular weight is 447 g/mol. The van der Waals surface area contributed by atoms with Gasteiger partial charge in [-0.2, -0.15) is 5.10 Å². The summed E-state index contributed by atoms with van der Waals surface area (Å²) >= 11 is 0. The van der Waals surface area contributed by atoms with E-state index >= 15 is 0 Å². The van der Waals surface area contributed by atoms with E-state index in [1.807, 2.05) is 58.2 Å². The Morgan fingerprint density at radius 2 is 1.76 bits per heavy atom. The van der Waals surface area contributed by atoms with Gasteiger partial charge in [-0.3, -0.25) is 9.59 Å². The molecular formula is C26H30N4O3. The smallest absolute Gasteiger partial charge is 0.230 e. The van der Waals surface area contributed by atoms with Gasteiger partial charge in [-0.25, -0.2) is 4.68 Å². The maximum absolute atomic E-state index is 13.0. The second kappa shape index (κ2) is 9.90. The minimum Gasteiger partial charge on any atom is -0.455 e. The Kier molecular flexibility index (Phi) is 6.77. The number of hydrogen-bond acceptors (Lipinski definition) is 4. The maximum Gasteiger partial charge on any atom is 0.230 e. The highest BCUT2D eigenvalue weighted by atomic mass is 16.5. The van der Waals surface area contributed by atoms with Crippen molar-refractivity contribution in [2.24, 2.45) is 5.92 Å². The monoisotopic (exact) mass is 446 g/mol. The molecule has 7 heteroatoms. The number of ether oxygens (including phenoxy) is 1. The van der Waals surface area contributed by atoms with Gasteiger partial charge in [-0.05, 0) is 62.9 Å². The summed E-state index contributed by atoms with van der Waals surface area (Å²) in [6, 6.07) is 16.0. The zero-order valence-corrected chi connectivity index (χ0v) is 19.3. The highest BCUT2D eigenvalue weighted by Crippen LogP contribution is 2.44. The van der Waals surface area contributed by atoms with Gasteiger partial charge >= 0.3 is 0 Å². The van der Waals surface area contributed by atoms with Gasteiger partial charge in [0.1, 0.15) is 11.4 Å². The molecule has 1 aliphatic heterocycles. The third-order valence-electron chi connectivity index (χ3n) is 5.82. The van der Waals surface area contributed by atoms with Crippen LogP contribution in [0.4, 0.5) is 5.69 Å². The van der Waals surface area contributed by atoms with Crippen molar-refractivity contribution in [2.75, 3.05) is 19.0 Å². The number of para-hydroxylation sites is 1. The van der Waals surface area contributed by atoms with Crippen LogP contribution in [0.5, 0.6) is 11.5 Å². The number of amides is 2. The minimum absolute atomic E-state index is 0.192. The predicted octanol–water partition coefficient (Wildman–Crippen LogP) is 4.45. The van der Waals surface area contributed by atoms with Crippen LogP contribution in [-0.2, 0) is 16.0 Å². The Morgan fingerprint density at radius 1 is 1.06 bits per heavy atom. The Hall–Kier alpha value is -3.61. The Morgan fingerprint density at radius 3 is 2.36 bits per heavy atom. The summed E-state index contributed by atoms with van der Waals surface area (Å²) in [5.74, 6) is 2.01. The molecular weight excluding hydrogens is 416 g/mol. The molecule has 3 aromatic rings. The number of fused-ring (bicyclic) bond motifs is 1. The molecule has 1 aliphatic carbocycles. The zero-order chi connectivity index (χ0) is 23.4. The van der Waals surface area contributed by atoms with E-state index in [4.69, 9.17) is 4.74 Å². The molecule has 2 heterocycles. The standard InChI is InChI=1S/C23H23N3O2.C3H7NO/c1-16-8-11-19-20(26(16)23(27)17-9-10-17)12-13-21(25-15-5-14-24-25)22(19)28-18-6-3-2-4-7-18;1-4(2)3-5/h2-7,12-17H,8-11H2,1H3;3H,1-2H3/t16-;/m0./s1. The SMILES string of the molecule is CN(C)C=O.C[C@H]1CCc2c(ccc(-n3cccn3)c2Oc2ccccc2)N1C(=O)C1CC1. The first-order chi connectivity index (χ1) is 16.0. The van der Waals surface area contributed by atoms with Gasteiger partial charge in [0.05, 0.1) is 5.69 Å². The third-order valence-corrected chi connectivity index (χ3v) is 5.82. The van der Waals surface area contributed by atoms with Crippen molar-refractivity contribution >= 4 is 18.0 Å². The van der Waals surface area contributed by atoms with Gasteiger partial charge in [0.15, 0.2) is 5.75 Å². The summed E-state index contributed by atoms with van der Waals surface area (Å²) < 4.78 is 8.20. The molecule has 0 spiro atoms. The molecule has 33 heavy (non-hydrogen) atoms. The summed E-state index contributed by atoms with van der Waals surface area (Å²) in [6.45, 7) is 2.14. The second-order valence-corrected chi connectivity index (χ2v) is 8.72. The third kappa shape index (κ3) is 5.08. The van der Waals surface area contributed by atoms with E-state index in [2.05, 4.69) is 18.1 Å². The van der Waals surface area contributed by atoms with Crippen molar-refractivity contribution in [3.8, 4) is 17.2 Å². The molecule has 0 unspecified atom stereocenters. The summed E-state index contributed by atoms with van der Waals surface area (Å²) in [4.78, 5) is 25.9. The summed E-state index contributed by atoms with van der Waals surface area (Å²) in [5, 5.41) is 4.40. The van der Waals surface area contributed by atoms with Crippen molar-refractivity contribution in [1.29, 1.82) is 0 Å². The van der Waals surface area contributed by atoms with Crippen LogP contribution < -0.4 is 9.64 Å². The molecule has 2 aromatic carbocycles. The lowest BCUT2D eigenvalue weighted by molar-refractivity contribution is -0.120. The van der Waals surface area contributed by atoms with Crippen molar-refractivity contribution in [3.05, 3.63) is 66.5 Å². The number of hydrogen-bond donors (Lipinski definition) is 0. The van der Waals surface area contributed by atoms with Crippen molar-refractivity contribution in [3.63, 3.8) is 0 Å². The molecule has 0 N–H and O–H groups in total. The van der Waals surface area contributed by atoms with Gasteiger partial charge in [0.2, 0.25) is 12.3 Å². The Labute approximate surface area is 194 Å². The van der Waals surface area contributed by atoms with E-state index in [1.165, 1.54) is 4.90 Å². The fraction of sp³-hybridized carbons (Fsp3) is 0.346. The normalized spacial score (nSPS) is 16.8. The number of carbonyl (C=O) groups is 2. The van der Waals surface area contributed by atoms with Gasteiger partial charge in [-0.15, -0.1) is 0 Å². The maximum atomic E-state index is 13.0. The van der Waals surface area contributed by atoms with E-state index in [9.17, 15) is 9.59 Å². The fourth-order valence-electron chi connectivity index (χ4n) is 3.97. The number of aromatic nitrogens is 2. The molecule has 7 nitrogen and oxygen atoms in total. The molecule has 5 rings (SSSR count). The molecule has 2 aliphatic rings. The van der Waals surface area contributed by atoms with Crippen LogP contribution in [0, 0.1) is 5.92 Å². The number of benzene rings is 2. The van der Waals surface area contributed by atoms with E-state index in [0.29, 0.717) is 0 Å². The van der Waals surface area contributed by atoms with Gasteiger partial charge in [0, 0.05) is 44.0 Å². The van der Waals surface area contributed by atoms with Crippen LogP contribution in [0.1, 0.15) is 31.7 Å². The number of carbonyl (C=O) groups excluding carboxylic acids is 2. The first kappa shape index (κ1) is 22.6. The van der Waals surface area contributed by atoms with Crippen LogP contribution in [-0.4, -0.2) is 47.1 Å². The van der Waals surface area contributed by atoms with E-state index < -0.39 is 0 Å². The zero-order valence-electron chi connectivity index (χ0n) is 19.3. The molecule has 0 radical (unpaired) electrons. The van der Waals surface area contributed by atoms with Crippen molar-refractivity contribution in [1.82, 2.24) is 14.7 Å². The number of rotatable bonds is 5. The van der Waals surface area contributed by atoms with Gasteiger partial charge in [-0.1, -0.05) is 18.2 Å². The quantitative estimate of drug-likeness (QED) is 0.543. The lowest BCUT2D eigenvalue weighted by atomic mass is 9.94. The summed E-state index contributed by atoms with van der Waals surface area (Å²) in [7, 11) is 3.38. The lowest BCUT2D eigenvalue weighted by Gasteiger charge is -2.36. The first-order valence-electron chi connectivity index (χ1n) is 11.3. The molecule has 1 saturated carbocycles. The number of anilines is 1. The topological polar surface area (TPSA) is 67.7 Å². The van der Waals surface area contributed by atoms with Crippen LogP contribution in [0.25, 0.3) is 5.69 Å². The van der Waals surface area contributed by atoms with E-state index in [-0.39, 0.29) is 17.9 Å². The largest absolute Gasteiger partial charge is 0.455 e. The van der Waals surface area contributed by atoms with Crippen molar-refractivity contribution in [2.45, 2.75) is 38.6 Å². The Bertz CT molecular complexity index is 1090. The number of nitrogens with zero attached hydrogens (tertiary/aromatic N) is 4. The summed E-state index contributed by atoms with van der Waals surface area (Å²) in [5.41, 5.74) is 2.96. The predicted molar refractivity (Wildman–Crippen MR) is 128 cm³/mol. The van der Waals surface area contributed by atoms with Gasteiger partial charge in [0.25, 0.3) is 0 Å². The highest BCUT2D eigenvalue weighted by molar-refractivity contribution is 5.98. The lowest BCUT2D eigenvalue weighted by Crippen LogP contribution is -2.43. The highest BCUT2D eigenvalue weighted by Gasteiger charge is 2.39. The van der Waals surface area contributed by atoms with Crippen LogP contribution >= 0.6 is 0 Å². The second-order valence-electron chi connectivity index (χ2n) is 8.72. The fourth-order valence-corrected chi connectivity index (χ4v) is 3.97. The molecule has 2 amide bonds.